The zero-order valence-electron chi connectivity index (χ0n) is 12.2. The van der Waals surface area contributed by atoms with E-state index < -0.39 is 0 Å². The predicted molar refractivity (Wildman–Crippen MR) is 77.0 cm³/mol. The van der Waals surface area contributed by atoms with Crippen molar-refractivity contribution in [2.45, 2.75) is 52.0 Å². The fourth-order valence-corrected chi connectivity index (χ4v) is 3.34. The minimum absolute atomic E-state index is 0.197. The van der Waals surface area contributed by atoms with Crippen LogP contribution in [0.15, 0.2) is 23.7 Å². The summed E-state index contributed by atoms with van der Waals surface area (Å²) in [6.07, 6.45) is 8.09. The lowest BCUT2D eigenvalue weighted by Crippen LogP contribution is -2.38. The van der Waals surface area contributed by atoms with E-state index in [2.05, 4.69) is 16.9 Å². The minimum Gasteiger partial charge on any atom is -0.334 e. The van der Waals surface area contributed by atoms with Crippen molar-refractivity contribution >= 4 is 5.91 Å². The van der Waals surface area contributed by atoms with Crippen LogP contribution in [0.25, 0.3) is 0 Å². The van der Waals surface area contributed by atoms with Crippen LogP contribution in [0.1, 0.15) is 56.7 Å². The molecule has 106 valence electrons. The van der Waals surface area contributed by atoms with E-state index in [0.29, 0.717) is 6.54 Å². The number of aromatic nitrogens is 2. The highest BCUT2D eigenvalue weighted by Gasteiger charge is 2.28. The lowest BCUT2D eigenvalue weighted by molar-refractivity contribution is -0.128. The van der Waals surface area contributed by atoms with Gasteiger partial charge in [-0.15, -0.1) is 0 Å². The Balaban J connectivity index is 1.83. The Morgan fingerprint density at radius 1 is 1.35 bits per heavy atom. The lowest BCUT2D eigenvalue weighted by atomic mass is 9.96. The summed E-state index contributed by atoms with van der Waals surface area (Å²) in [4.78, 5) is 23.1. The second-order valence-corrected chi connectivity index (χ2v) is 5.96. The summed E-state index contributed by atoms with van der Waals surface area (Å²) in [5, 5.41) is 0. The molecule has 1 fully saturated rings. The summed E-state index contributed by atoms with van der Waals surface area (Å²) in [5.74, 6) is 0.482. The molecule has 0 aromatic carbocycles. The van der Waals surface area contributed by atoms with Crippen LogP contribution in [0.4, 0.5) is 0 Å². The first kappa shape index (κ1) is 13.3. The monoisotopic (exact) mass is 271 g/mol. The molecule has 1 aliphatic carbocycles. The highest BCUT2D eigenvalue weighted by atomic mass is 16.2. The number of hydrogen-bond donors (Lipinski definition) is 0. The van der Waals surface area contributed by atoms with E-state index in [0.717, 1.165) is 36.2 Å². The van der Waals surface area contributed by atoms with Gasteiger partial charge in [-0.1, -0.05) is 12.5 Å². The summed E-state index contributed by atoms with van der Waals surface area (Å²) in [6.45, 7) is 5.52. The zero-order valence-corrected chi connectivity index (χ0v) is 12.2. The Morgan fingerprint density at radius 2 is 2.10 bits per heavy atom. The van der Waals surface area contributed by atoms with Crippen LogP contribution < -0.4 is 0 Å². The van der Waals surface area contributed by atoms with Gasteiger partial charge >= 0.3 is 0 Å². The van der Waals surface area contributed by atoms with Crippen molar-refractivity contribution in [3.63, 3.8) is 0 Å². The van der Waals surface area contributed by atoms with Crippen LogP contribution >= 0.6 is 0 Å². The number of nitrogens with zero attached hydrogens (tertiary/aromatic N) is 3. The van der Waals surface area contributed by atoms with Crippen LogP contribution in [0.5, 0.6) is 0 Å². The largest absolute Gasteiger partial charge is 0.334 e. The predicted octanol–water partition coefficient (Wildman–Crippen LogP) is 2.81. The van der Waals surface area contributed by atoms with Gasteiger partial charge in [-0.05, 0) is 32.6 Å². The van der Waals surface area contributed by atoms with Crippen LogP contribution in [0.2, 0.25) is 0 Å². The van der Waals surface area contributed by atoms with Crippen LogP contribution in [0, 0.1) is 0 Å². The van der Waals surface area contributed by atoms with Gasteiger partial charge in [0.2, 0.25) is 5.91 Å². The van der Waals surface area contributed by atoms with Crippen molar-refractivity contribution in [3.05, 3.63) is 34.9 Å². The number of carbonyl (C=O) groups is 1. The van der Waals surface area contributed by atoms with Crippen molar-refractivity contribution in [1.29, 1.82) is 0 Å². The molecule has 1 aromatic rings. The third-order valence-corrected chi connectivity index (χ3v) is 4.49. The first-order valence-electron chi connectivity index (χ1n) is 7.43. The number of fused-ring (bicyclic) bond motifs is 1. The molecule has 0 N–H and O–H groups in total. The Kier molecular flexibility index (Phi) is 3.55. The maximum atomic E-state index is 12.7. The van der Waals surface area contributed by atoms with Crippen molar-refractivity contribution < 1.29 is 4.79 Å². The van der Waals surface area contributed by atoms with Gasteiger partial charge in [0.25, 0.3) is 0 Å². The molecule has 0 radical (unpaired) electrons. The Bertz CT molecular complexity index is 557. The summed E-state index contributed by atoms with van der Waals surface area (Å²) >= 11 is 0. The first-order chi connectivity index (χ1) is 9.66. The Hall–Kier alpha value is -1.71. The van der Waals surface area contributed by atoms with E-state index in [9.17, 15) is 4.79 Å². The summed E-state index contributed by atoms with van der Waals surface area (Å²) in [7, 11) is 0. The van der Waals surface area contributed by atoms with E-state index >= 15 is 0 Å². The van der Waals surface area contributed by atoms with Gasteiger partial charge in [0.05, 0.1) is 5.69 Å². The quantitative estimate of drug-likeness (QED) is 0.738. The topological polar surface area (TPSA) is 46.1 Å². The van der Waals surface area contributed by atoms with Gasteiger partial charge in [-0.3, -0.25) is 4.79 Å². The number of carbonyl (C=O) groups excluding carboxylic acids is 1. The molecule has 1 amide bonds. The lowest BCUT2D eigenvalue weighted by Gasteiger charge is -2.32. The van der Waals surface area contributed by atoms with Crippen molar-refractivity contribution in [1.82, 2.24) is 14.9 Å². The van der Waals surface area contributed by atoms with Crippen molar-refractivity contribution in [2.75, 3.05) is 6.54 Å². The van der Waals surface area contributed by atoms with Gasteiger partial charge in [0, 0.05) is 36.3 Å². The summed E-state index contributed by atoms with van der Waals surface area (Å²) in [6, 6.07) is 0. The fraction of sp³-hybridized carbons (Fsp3) is 0.562. The Labute approximate surface area is 119 Å². The minimum atomic E-state index is 0.197. The second kappa shape index (κ2) is 5.35. The molecule has 1 atom stereocenters. The van der Waals surface area contributed by atoms with E-state index in [4.69, 9.17) is 0 Å². The molecule has 4 heteroatoms. The van der Waals surface area contributed by atoms with E-state index in [1.807, 2.05) is 18.0 Å². The second-order valence-electron chi connectivity index (χ2n) is 5.96. The van der Waals surface area contributed by atoms with E-state index in [-0.39, 0.29) is 11.8 Å². The van der Waals surface area contributed by atoms with Crippen LogP contribution in [-0.2, 0) is 11.3 Å². The number of rotatable bonds is 1. The van der Waals surface area contributed by atoms with E-state index in [1.165, 1.54) is 18.4 Å². The Morgan fingerprint density at radius 3 is 2.85 bits per heavy atom. The maximum absolute atomic E-state index is 12.7. The molecule has 0 bridgehead atoms. The highest BCUT2D eigenvalue weighted by Crippen LogP contribution is 2.30. The molecule has 2 aliphatic rings. The molecule has 1 unspecified atom stereocenters. The van der Waals surface area contributed by atoms with Crippen molar-refractivity contribution in [2.24, 2.45) is 0 Å². The molecule has 4 nitrogen and oxygen atoms in total. The van der Waals surface area contributed by atoms with Gasteiger partial charge in [0.15, 0.2) is 0 Å². The van der Waals surface area contributed by atoms with Crippen molar-refractivity contribution in [3.8, 4) is 0 Å². The fourth-order valence-electron chi connectivity index (χ4n) is 3.34. The van der Waals surface area contributed by atoms with Gasteiger partial charge in [0.1, 0.15) is 6.33 Å². The molecular weight excluding hydrogens is 250 g/mol. The molecule has 3 rings (SSSR count). The molecular formula is C16H21N3O. The molecule has 1 aliphatic heterocycles. The van der Waals surface area contributed by atoms with Gasteiger partial charge in [-0.2, -0.15) is 0 Å². The summed E-state index contributed by atoms with van der Waals surface area (Å²) in [5.41, 5.74) is 4.51. The average Bonchev–Trinajstić information content (AvgIpc) is 3.00. The van der Waals surface area contributed by atoms with E-state index in [1.54, 1.807) is 6.33 Å². The average molecular weight is 271 g/mol. The molecule has 20 heavy (non-hydrogen) atoms. The molecule has 1 saturated carbocycles. The first-order valence-corrected chi connectivity index (χ1v) is 7.43. The molecule has 0 spiro atoms. The SMILES string of the molecule is CC(C(=O)N1Cc2cncnc2C(C)C1)=C1CCCC1. The molecule has 1 aromatic heterocycles. The maximum Gasteiger partial charge on any atom is 0.249 e. The third-order valence-electron chi connectivity index (χ3n) is 4.49. The zero-order chi connectivity index (χ0) is 14.1. The molecule has 0 saturated heterocycles. The highest BCUT2D eigenvalue weighted by molar-refractivity contribution is 5.93. The molecule has 2 heterocycles. The number of allylic oxidation sites excluding steroid dienone is 1. The van der Waals surface area contributed by atoms with Gasteiger partial charge < -0.3 is 4.90 Å². The standard InChI is InChI=1S/C16H21N3O/c1-11-8-19(9-14-7-17-10-18-15(11)14)16(20)12(2)13-5-3-4-6-13/h7,10-11H,3-6,8-9H2,1-2H3. The number of hydrogen-bond acceptors (Lipinski definition) is 3. The smallest absolute Gasteiger partial charge is 0.249 e. The van der Waals surface area contributed by atoms with Crippen LogP contribution in [-0.4, -0.2) is 27.3 Å². The summed E-state index contributed by atoms with van der Waals surface area (Å²) < 4.78 is 0. The third kappa shape index (κ3) is 2.35. The van der Waals surface area contributed by atoms with Gasteiger partial charge in [-0.25, -0.2) is 9.97 Å². The number of amides is 1. The normalized spacial score (nSPS) is 21.8. The van der Waals surface area contributed by atoms with Crippen LogP contribution in [0.3, 0.4) is 0 Å².